The Morgan fingerprint density at radius 1 is 1.35 bits per heavy atom. The molecule has 1 aliphatic rings. The lowest BCUT2D eigenvalue weighted by Crippen LogP contribution is -2.45. The number of hydrogen-bond acceptors (Lipinski definition) is 10. The average molecular weight is 590 g/mol. The van der Waals surface area contributed by atoms with Gasteiger partial charge in [-0.25, -0.2) is 9.88 Å². The first-order valence-electron chi connectivity index (χ1n) is 10.2. The molecule has 1 aromatic heterocycles. The second-order valence-corrected chi connectivity index (χ2v) is 11.4. The van der Waals surface area contributed by atoms with Crippen molar-refractivity contribution in [3.63, 3.8) is 0 Å². The third kappa shape index (κ3) is 7.23. The molecule has 2 rings (SSSR count). The Balaban J connectivity index is 2.20. The van der Waals surface area contributed by atoms with Gasteiger partial charge in [0.15, 0.2) is 16.1 Å². The Bertz CT molecular complexity index is 1030. The summed E-state index contributed by atoms with van der Waals surface area (Å²) >= 11 is 9.84. The van der Waals surface area contributed by atoms with Crippen molar-refractivity contribution in [2.45, 2.75) is 68.1 Å². The highest BCUT2D eigenvalue weighted by molar-refractivity contribution is 9.10. The number of nitrogens with one attached hydrogen (secondary N) is 2. The number of hydrogen-bond donors (Lipinski definition) is 3. The summed E-state index contributed by atoms with van der Waals surface area (Å²) in [7, 11) is -2.98. The van der Waals surface area contributed by atoms with E-state index < -0.39 is 72.3 Å². The van der Waals surface area contributed by atoms with E-state index in [2.05, 4.69) is 26.0 Å². The number of aromatic nitrogens is 2. The molecule has 1 saturated heterocycles. The van der Waals surface area contributed by atoms with Crippen molar-refractivity contribution in [1.82, 2.24) is 14.6 Å². The molecule has 2 heterocycles. The van der Waals surface area contributed by atoms with Crippen LogP contribution in [-0.2, 0) is 32.9 Å². The molecule has 0 aromatic carbocycles. The topological polar surface area (TPSA) is 181 Å². The molecule has 192 valence electrons. The summed E-state index contributed by atoms with van der Waals surface area (Å²) in [5.41, 5.74) is 4.11. The van der Waals surface area contributed by atoms with Crippen molar-refractivity contribution in [2.75, 3.05) is 6.61 Å². The maximum absolute atomic E-state index is 12.4. The third-order valence-electron chi connectivity index (χ3n) is 4.49. The number of carbonyl (C=O) groups is 2. The summed E-state index contributed by atoms with van der Waals surface area (Å²) in [6, 6.07) is -0.830. The van der Waals surface area contributed by atoms with Gasteiger partial charge < -0.3 is 24.5 Å². The molecule has 13 nitrogen and oxygen atoms in total. The van der Waals surface area contributed by atoms with Crippen LogP contribution in [-0.4, -0.2) is 62.3 Å². The monoisotopic (exact) mass is 588 g/mol. The second kappa shape index (κ2) is 11.9. The lowest BCUT2D eigenvalue weighted by molar-refractivity contribution is -0.154. The summed E-state index contributed by atoms with van der Waals surface area (Å²) in [6.45, 7) is 5.80. The largest absolute Gasteiger partial charge is 0.462 e. The van der Waals surface area contributed by atoms with Gasteiger partial charge in [0.1, 0.15) is 18.2 Å². The van der Waals surface area contributed by atoms with E-state index in [4.69, 9.17) is 36.1 Å². The van der Waals surface area contributed by atoms with Gasteiger partial charge in [0, 0.05) is 12.3 Å². The number of nitrogens with two attached hydrogens (primary N) is 1. The van der Waals surface area contributed by atoms with E-state index in [1.165, 1.54) is 13.8 Å². The van der Waals surface area contributed by atoms with Crippen LogP contribution in [0.4, 0.5) is 0 Å². The molecule has 16 heteroatoms. The van der Waals surface area contributed by atoms with E-state index in [9.17, 15) is 23.7 Å². The number of nitrogens with zero attached hydrogens (tertiary/aromatic N) is 1. The number of rotatable bonds is 10. The lowest BCUT2D eigenvalue weighted by atomic mass is 10.1. The number of ether oxygens (including phenoxy) is 3. The number of halogens is 2. The van der Waals surface area contributed by atoms with Crippen molar-refractivity contribution in [1.29, 1.82) is 0 Å². The van der Waals surface area contributed by atoms with Crippen molar-refractivity contribution in [3.8, 4) is 0 Å². The summed E-state index contributed by atoms with van der Waals surface area (Å²) < 4.78 is 33.2. The summed E-state index contributed by atoms with van der Waals surface area (Å²) in [5.74, 6) is -1.43. The molecular formula is C18H27BrClN4O9P. The number of H-pyrrole nitrogens is 1. The van der Waals surface area contributed by atoms with Gasteiger partial charge in [0.2, 0.25) is 0 Å². The molecule has 1 aromatic rings. The molecule has 1 aliphatic heterocycles. The van der Waals surface area contributed by atoms with Gasteiger partial charge in [-0.1, -0.05) is 27.5 Å². The van der Waals surface area contributed by atoms with E-state index in [-0.39, 0.29) is 6.10 Å². The SMILES string of the molecule is CC(C)OC(=O)[C@H](C)N[PH](=O)OC[C@H]1O[C@@H](n2ccc(=O)[nH]c2=O)[C@](Cl)(Br)[C@@H]1OC(=O)[C@H](C)N. The van der Waals surface area contributed by atoms with Crippen LogP contribution in [0.1, 0.15) is 33.9 Å². The Labute approximate surface area is 208 Å². The predicted molar refractivity (Wildman–Crippen MR) is 125 cm³/mol. The minimum Gasteiger partial charge on any atom is -0.462 e. The molecular weight excluding hydrogens is 563 g/mol. The number of alkyl halides is 2. The van der Waals surface area contributed by atoms with Gasteiger partial charge in [-0.15, -0.1) is 0 Å². The zero-order chi connectivity index (χ0) is 25.8. The van der Waals surface area contributed by atoms with Gasteiger partial charge in [-0.05, 0) is 27.7 Å². The van der Waals surface area contributed by atoms with Crippen molar-refractivity contribution in [3.05, 3.63) is 33.1 Å². The number of aromatic amines is 1. The van der Waals surface area contributed by atoms with Crippen molar-refractivity contribution >= 4 is 47.6 Å². The van der Waals surface area contributed by atoms with Crippen molar-refractivity contribution < 1.29 is 32.9 Å². The van der Waals surface area contributed by atoms with E-state index in [1.54, 1.807) is 13.8 Å². The quantitative estimate of drug-likeness (QED) is 0.195. The molecule has 0 spiro atoms. The molecule has 4 N–H and O–H groups in total. The molecule has 7 atom stereocenters. The van der Waals surface area contributed by atoms with Crippen LogP contribution < -0.4 is 22.1 Å². The van der Waals surface area contributed by atoms with Crippen LogP contribution in [0.5, 0.6) is 0 Å². The second-order valence-electron chi connectivity index (χ2n) is 7.82. The fourth-order valence-corrected chi connectivity index (χ4v) is 4.79. The van der Waals surface area contributed by atoms with E-state index >= 15 is 0 Å². The van der Waals surface area contributed by atoms with Crippen LogP contribution in [0.2, 0.25) is 0 Å². The zero-order valence-corrected chi connectivity index (χ0v) is 22.1. The van der Waals surface area contributed by atoms with Crippen LogP contribution in [0.15, 0.2) is 21.9 Å². The Kier molecular flexibility index (Phi) is 10.1. The van der Waals surface area contributed by atoms with E-state index in [0.29, 0.717) is 0 Å². The number of carbonyl (C=O) groups excluding carboxylic acids is 2. The molecule has 0 radical (unpaired) electrons. The normalized spacial score (nSPS) is 27.2. The minimum absolute atomic E-state index is 0.351. The molecule has 1 fully saturated rings. The van der Waals surface area contributed by atoms with E-state index in [1.807, 2.05) is 0 Å². The Hall–Kier alpha value is -1.54. The minimum atomic E-state index is -2.98. The standard InChI is InChI=1S/C18H27BrClN4O9P/c1-8(2)31-15(27)10(4)23-34(29)30-7-11-13(33-14(26)9(3)21)18(19,20)16(32-11)24-6-5-12(25)22-17(24)28/h5-6,8-11,13,16,34H,7,21H2,1-4H3,(H,23,29)(H,22,25,28)/t9-,10-,11+,13+,16+,18-/m0/s1. The first-order valence-corrected chi connectivity index (χ1v) is 12.7. The smallest absolute Gasteiger partial charge is 0.330 e. The molecule has 1 unspecified atom stereocenters. The summed E-state index contributed by atoms with van der Waals surface area (Å²) in [5, 5.41) is 2.49. The van der Waals surface area contributed by atoms with Crippen LogP contribution in [0, 0.1) is 0 Å². The zero-order valence-electron chi connectivity index (χ0n) is 18.8. The number of esters is 2. The molecule has 0 amide bonds. The Morgan fingerprint density at radius 2 is 2.00 bits per heavy atom. The maximum Gasteiger partial charge on any atom is 0.330 e. The van der Waals surface area contributed by atoms with Gasteiger partial charge in [-0.3, -0.25) is 28.5 Å². The maximum atomic E-state index is 12.4. The van der Waals surface area contributed by atoms with Gasteiger partial charge >= 0.3 is 17.6 Å². The highest BCUT2D eigenvalue weighted by atomic mass is 79.9. The van der Waals surface area contributed by atoms with Crippen LogP contribution in [0.25, 0.3) is 0 Å². The molecule has 0 bridgehead atoms. The van der Waals surface area contributed by atoms with Crippen LogP contribution >= 0.6 is 35.7 Å². The van der Waals surface area contributed by atoms with Crippen LogP contribution in [0.3, 0.4) is 0 Å². The molecule has 0 saturated carbocycles. The van der Waals surface area contributed by atoms with E-state index in [0.717, 1.165) is 16.8 Å². The molecule has 0 aliphatic carbocycles. The lowest BCUT2D eigenvalue weighted by Gasteiger charge is -2.28. The van der Waals surface area contributed by atoms with Gasteiger partial charge in [0.25, 0.3) is 13.7 Å². The summed E-state index contributed by atoms with van der Waals surface area (Å²) in [6.07, 6.45) is -2.83. The first kappa shape index (κ1) is 28.7. The first-order chi connectivity index (χ1) is 15.7. The fourth-order valence-electron chi connectivity index (χ4n) is 2.86. The Morgan fingerprint density at radius 3 is 2.56 bits per heavy atom. The fraction of sp³-hybridized carbons (Fsp3) is 0.667. The predicted octanol–water partition coefficient (Wildman–Crippen LogP) is 0.359. The highest BCUT2D eigenvalue weighted by Crippen LogP contribution is 2.49. The van der Waals surface area contributed by atoms with Crippen molar-refractivity contribution in [2.24, 2.45) is 5.73 Å². The van der Waals surface area contributed by atoms with Gasteiger partial charge in [-0.2, -0.15) is 0 Å². The van der Waals surface area contributed by atoms with Gasteiger partial charge in [0.05, 0.1) is 12.7 Å². The average Bonchev–Trinajstić information content (AvgIpc) is 2.95. The molecule has 34 heavy (non-hydrogen) atoms. The highest BCUT2D eigenvalue weighted by Gasteiger charge is 2.58. The summed E-state index contributed by atoms with van der Waals surface area (Å²) in [4.78, 5) is 49.8. The third-order valence-corrected chi connectivity index (χ3v) is 6.83.